The summed E-state index contributed by atoms with van der Waals surface area (Å²) < 4.78 is 0.953. The highest BCUT2D eigenvalue weighted by atomic mass is 79.9. The van der Waals surface area contributed by atoms with Crippen LogP contribution in [0.1, 0.15) is 13.8 Å². The zero-order valence-electron chi connectivity index (χ0n) is 11.8. The summed E-state index contributed by atoms with van der Waals surface area (Å²) in [5.74, 6) is 0. The van der Waals surface area contributed by atoms with Gasteiger partial charge in [0.1, 0.15) is 5.69 Å². The molecule has 0 aliphatic carbocycles. The summed E-state index contributed by atoms with van der Waals surface area (Å²) in [6.07, 6.45) is 0. The first-order chi connectivity index (χ1) is 9.74. The summed E-state index contributed by atoms with van der Waals surface area (Å²) in [7, 11) is 0. The Balaban J connectivity index is 2.22. The predicted octanol–water partition coefficient (Wildman–Crippen LogP) is 5.46. The third-order valence-electron chi connectivity index (χ3n) is 3.06. The van der Waals surface area contributed by atoms with Crippen molar-refractivity contribution in [1.82, 2.24) is 5.01 Å². The van der Waals surface area contributed by atoms with Gasteiger partial charge in [-0.15, -0.1) is 5.11 Å². The molecule has 2 aromatic carbocycles. The summed E-state index contributed by atoms with van der Waals surface area (Å²) in [6, 6.07) is 16.4. The van der Waals surface area contributed by atoms with Gasteiger partial charge in [0.2, 0.25) is 0 Å². The lowest BCUT2D eigenvalue weighted by molar-refractivity contribution is 0.300. The lowest BCUT2D eigenvalue weighted by Crippen LogP contribution is -2.14. The molecule has 0 amide bonds. The molecule has 0 bridgehead atoms. The quantitative estimate of drug-likeness (QED) is 0.528. The van der Waals surface area contributed by atoms with E-state index in [9.17, 15) is 0 Å². The normalized spacial score (nSPS) is 10.9. The molecule has 0 saturated carbocycles. The first-order valence-corrected chi connectivity index (χ1v) is 7.55. The van der Waals surface area contributed by atoms with E-state index in [1.807, 2.05) is 29.3 Å². The average Bonchev–Trinajstić information content (AvgIpc) is 2.50. The van der Waals surface area contributed by atoms with Crippen LogP contribution in [0.25, 0.3) is 11.1 Å². The maximum absolute atomic E-state index is 4.29. The average molecular weight is 332 g/mol. The molecular formula is C16H18BrN3. The molecule has 3 nitrogen and oxygen atoms in total. The van der Waals surface area contributed by atoms with Gasteiger partial charge in [-0.2, -0.15) is 0 Å². The van der Waals surface area contributed by atoms with Crippen LogP contribution < -0.4 is 0 Å². The summed E-state index contributed by atoms with van der Waals surface area (Å²) in [5, 5.41) is 10.4. The van der Waals surface area contributed by atoms with Gasteiger partial charge in [0.15, 0.2) is 0 Å². The highest BCUT2D eigenvalue weighted by molar-refractivity contribution is 9.10. The number of nitrogens with zero attached hydrogens (tertiary/aromatic N) is 3. The van der Waals surface area contributed by atoms with Gasteiger partial charge in [-0.25, -0.2) is 0 Å². The zero-order valence-corrected chi connectivity index (χ0v) is 13.3. The van der Waals surface area contributed by atoms with E-state index in [1.54, 1.807) is 0 Å². The minimum Gasteiger partial charge on any atom is -0.279 e. The minimum absolute atomic E-state index is 0.844. The summed E-state index contributed by atoms with van der Waals surface area (Å²) in [6.45, 7) is 5.85. The van der Waals surface area contributed by atoms with Gasteiger partial charge < -0.3 is 0 Å². The second-order valence-corrected chi connectivity index (χ2v) is 5.21. The molecule has 104 valence electrons. The molecule has 0 radical (unpaired) electrons. The number of hydrogen-bond acceptors (Lipinski definition) is 2. The van der Waals surface area contributed by atoms with Crippen molar-refractivity contribution < 1.29 is 0 Å². The molecule has 2 aromatic rings. The SMILES string of the molecule is CCN(CC)N=Nc1ccc(-c2ccccc2)cc1Br. The second kappa shape index (κ2) is 7.20. The van der Waals surface area contributed by atoms with Crippen molar-refractivity contribution >= 4 is 21.6 Å². The van der Waals surface area contributed by atoms with E-state index in [-0.39, 0.29) is 0 Å². The highest BCUT2D eigenvalue weighted by Crippen LogP contribution is 2.31. The Hall–Kier alpha value is -1.68. The lowest BCUT2D eigenvalue weighted by Gasteiger charge is -2.11. The van der Waals surface area contributed by atoms with Gasteiger partial charge in [0.05, 0.1) is 0 Å². The Bertz CT molecular complexity index is 578. The van der Waals surface area contributed by atoms with Crippen LogP contribution in [-0.4, -0.2) is 18.1 Å². The Kier molecular flexibility index (Phi) is 5.30. The summed E-state index contributed by atoms with van der Waals surface area (Å²) in [5.41, 5.74) is 3.20. The first kappa shape index (κ1) is 14.7. The van der Waals surface area contributed by atoms with E-state index in [0.717, 1.165) is 23.2 Å². The molecule has 0 aromatic heterocycles. The predicted molar refractivity (Wildman–Crippen MR) is 87.0 cm³/mol. The Morgan fingerprint density at radius 2 is 1.65 bits per heavy atom. The maximum Gasteiger partial charge on any atom is 0.102 e. The van der Waals surface area contributed by atoms with Crippen molar-refractivity contribution in [2.75, 3.05) is 13.1 Å². The van der Waals surface area contributed by atoms with Crippen molar-refractivity contribution in [1.29, 1.82) is 0 Å². The van der Waals surface area contributed by atoms with Crippen LogP contribution in [0.4, 0.5) is 5.69 Å². The molecule has 0 N–H and O–H groups in total. The highest BCUT2D eigenvalue weighted by Gasteiger charge is 2.03. The molecular weight excluding hydrogens is 314 g/mol. The van der Waals surface area contributed by atoms with Crippen LogP contribution in [0.15, 0.2) is 63.3 Å². The fourth-order valence-corrected chi connectivity index (χ4v) is 2.32. The van der Waals surface area contributed by atoms with Crippen molar-refractivity contribution in [3.63, 3.8) is 0 Å². The van der Waals surface area contributed by atoms with E-state index in [2.05, 4.69) is 64.4 Å². The molecule has 0 saturated heterocycles. The molecule has 0 heterocycles. The maximum atomic E-state index is 4.29. The summed E-state index contributed by atoms with van der Waals surface area (Å²) in [4.78, 5) is 0. The second-order valence-electron chi connectivity index (χ2n) is 4.36. The van der Waals surface area contributed by atoms with Gasteiger partial charge in [-0.3, -0.25) is 5.01 Å². The van der Waals surface area contributed by atoms with Crippen molar-refractivity contribution in [3.05, 3.63) is 53.0 Å². The minimum atomic E-state index is 0.844. The number of rotatable bonds is 5. The third kappa shape index (κ3) is 3.67. The standard InChI is InChI=1S/C16H18BrN3/c1-3-20(4-2)19-18-16-11-10-14(12-15(16)17)13-8-6-5-7-9-13/h5-12H,3-4H2,1-2H3. The molecule has 0 spiro atoms. The summed E-state index contributed by atoms with van der Waals surface area (Å²) >= 11 is 3.57. The molecule has 0 aliphatic heterocycles. The Morgan fingerprint density at radius 3 is 2.25 bits per heavy atom. The lowest BCUT2D eigenvalue weighted by atomic mass is 10.1. The van der Waals surface area contributed by atoms with Gasteiger partial charge in [0, 0.05) is 17.6 Å². The van der Waals surface area contributed by atoms with Crippen LogP contribution in [0.3, 0.4) is 0 Å². The molecule has 0 atom stereocenters. The Morgan fingerprint density at radius 1 is 0.950 bits per heavy atom. The van der Waals surface area contributed by atoms with Crippen LogP contribution >= 0.6 is 15.9 Å². The van der Waals surface area contributed by atoms with Gasteiger partial charge in [-0.05, 0) is 53.0 Å². The molecule has 4 heteroatoms. The zero-order chi connectivity index (χ0) is 14.4. The van der Waals surface area contributed by atoms with Crippen molar-refractivity contribution in [2.24, 2.45) is 10.3 Å². The topological polar surface area (TPSA) is 28.0 Å². The molecule has 2 rings (SSSR count). The van der Waals surface area contributed by atoms with E-state index in [4.69, 9.17) is 0 Å². The number of halogens is 1. The molecule has 0 fully saturated rings. The van der Waals surface area contributed by atoms with Crippen LogP contribution in [0.5, 0.6) is 0 Å². The van der Waals surface area contributed by atoms with E-state index in [1.165, 1.54) is 11.1 Å². The van der Waals surface area contributed by atoms with Crippen LogP contribution in [-0.2, 0) is 0 Å². The molecule has 0 aliphatic rings. The van der Waals surface area contributed by atoms with Crippen molar-refractivity contribution in [3.8, 4) is 11.1 Å². The van der Waals surface area contributed by atoms with Crippen LogP contribution in [0, 0.1) is 0 Å². The Labute approximate surface area is 128 Å². The van der Waals surface area contributed by atoms with Gasteiger partial charge in [-0.1, -0.05) is 41.6 Å². The number of hydrogen-bond donors (Lipinski definition) is 0. The first-order valence-electron chi connectivity index (χ1n) is 6.76. The van der Waals surface area contributed by atoms with E-state index < -0.39 is 0 Å². The third-order valence-corrected chi connectivity index (χ3v) is 3.70. The smallest absolute Gasteiger partial charge is 0.102 e. The van der Waals surface area contributed by atoms with Gasteiger partial charge in [0.25, 0.3) is 0 Å². The molecule has 0 unspecified atom stereocenters. The van der Waals surface area contributed by atoms with Crippen LogP contribution in [0.2, 0.25) is 0 Å². The van der Waals surface area contributed by atoms with Crippen molar-refractivity contribution in [2.45, 2.75) is 13.8 Å². The van der Waals surface area contributed by atoms with E-state index >= 15 is 0 Å². The number of benzene rings is 2. The molecule has 20 heavy (non-hydrogen) atoms. The van der Waals surface area contributed by atoms with Gasteiger partial charge >= 0.3 is 0 Å². The largest absolute Gasteiger partial charge is 0.279 e. The monoisotopic (exact) mass is 331 g/mol. The van der Waals surface area contributed by atoms with E-state index in [0.29, 0.717) is 0 Å². The fourth-order valence-electron chi connectivity index (χ4n) is 1.86. The fraction of sp³-hybridized carbons (Fsp3) is 0.250.